The van der Waals surface area contributed by atoms with Gasteiger partial charge in [0.05, 0.1) is 4.91 Å². The summed E-state index contributed by atoms with van der Waals surface area (Å²) >= 11 is 5.94. The molecule has 1 fully saturated rings. The molecule has 5 nitrogen and oxygen atoms in total. The van der Waals surface area contributed by atoms with Crippen molar-refractivity contribution in [3.63, 3.8) is 0 Å². The van der Waals surface area contributed by atoms with Crippen LogP contribution in [-0.4, -0.2) is 38.5 Å². The molecule has 1 aromatic rings. The summed E-state index contributed by atoms with van der Waals surface area (Å²) in [4.78, 5) is 36.0. The van der Waals surface area contributed by atoms with Crippen molar-refractivity contribution in [2.45, 2.75) is 12.8 Å². The number of nitrogens with zero attached hydrogens (tertiary/aromatic N) is 1. The van der Waals surface area contributed by atoms with Gasteiger partial charge in [-0.3, -0.25) is 19.3 Å². The summed E-state index contributed by atoms with van der Waals surface area (Å²) in [6.07, 6.45) is 1.14. The number of amides is 1. The molecule has 1 saturated heterocycles. The topological polar surface area (TPSA) is 74.7 Å². The Balaban J connectivity index is 2.11. The zero-order chi connectivity index (χ0) is 17.9. The fraction of sp³-hybridized carbons (Fsp3) is 0.200. The Morgan fingerprint density at radius 3 is 2.62 bits per heavy atom. The zero-order valence-electron chi connectivity index (χ0n) is 12.1. The number of allylic oxidation sites excluding steroid dienone is 1. The minimum atomic E-state index is -1.16. The SMILES string of the molecule is O=C(O)CCCN1C(=O)C(=CC(=O)c2ccc(F)c(F)c2)SC1=S. The molecule has 0 saturated carbocycles. The standard InChI is InChI=1S/C15H11F2NO4S2/c16-9-4-3-8(6-10(9)17)11(19)7-12-14(22)18(15(23)24-12)5-1-2-13(20)21/h3-4,6-7H,1-2,5H2,(H,20,21). The molecule has 1 heterocycles. The highest BCUT2D eigenvalue weighted by Gasteiger charge is 2.32. The van der Waals surface area contributed by atoms with Crippen LogP contribution in [0.2, 0.25) is 0 Å². The number of thioether (sulfide) groups is 1. The fourth-order valence-electron chi connectivity index (χ4n) is 1.93. The number of hydrogen-bond acceptors (Lipinski definition) is 5. The fourth-order valence-corrected chi connectivity index (χ4v) is 3.21. The quantitative estimate of drug-likeness (QED) is 0.471. The highest BCUT2D eigenvalue weighted by atomic mass is 32.2. The van der Waals surface area contributed by atoms with Crippen molar-refractivity contribution in [2.75, 3.05) is 6.54 Å². The van der Waals surface area contributed by atoms with Crippen molar-refractivity contribution in [3.8, 4) is 0 Å². The maximum atomic E-state index is 13.2. The molecule has 24 heavy (non-hydrogen) atoms. The molecule has 9 heteroatoms. The predicted octanol–water partition coefficient (Wildman–Crippen LogP) is 2.76. The molecular weight excluding hydrogens is 360 g/mol. The highest BCUT2D eigenvalue weighted by molar-refractivity contribution is 8.26. The van der Waals surface area contributed by atoms with E-state index in [0.29, 0.717) is 0 Å². The van der Waals surface area contributed by atoms with Crippen LogP contribution in [0.25, 0.3) is 0 Å². The van der Waals surface area contributed by atoms with E-state index in [2.05, 4.69) is 0 Å². The smallest absolute Gasteiger partial charge is 0.303 e. The lowest BCUT2D eigenvalue weighted by molar-refractivity contribution is -0.137. The van der Waals surface area contributed by atoms with Crippen LogP contribution in [0.3, 0.4) is 0 Å². The molecule has 1 N–H and O–H groups in total. The van der Waals surface area contributed by atoms with Crippen molar-refractivity contribution < 1.29 is 28.3 Å². The van der Waals surface area contributed by atoms with Crippen LogP contribution < -0.4 is 0 Å². The van der Waals surface area contributed by atoms with Gasteiger partial charge in [-0.25, -0.2) is 8.78 Å². The first-order chi connectivity index (χ1) is 11.3. The third-order valence-corrected chi connectivity index (χ3v) is 4.49. The third kappa shape index (κ3) is 4.24. The Kier molecular flexibility index (Phi) is 5.79. The number of thiocarbonyl (C=S) groups is 1. The van der Waals surface area contributed by atoms with Crippen molar-refractivity contribution >= 4 is 46.0 Å². The molecule has 0 bridgehead atoms. The van der Waals surface area contributed by atoms with E-state index in [0.717, 1.165) is 36.0 Å². The minimum absolute atomic E-state index is 0.0602. The summed E-state index contributed by atoms with van der Waals surface area (Å²) in [5, 5.41) is 8.60. The Bertz CT molecular complexity index is 764. The number of ketones is 1. The van der Waals surface area contributed by atoms with Gasteiger partial charge in [-0.2, -0.15) is 0 Å². The van der Waals surface area contributed by atoms with Gasteiger partial charge in [0.15, 0.2) is 17.4 Å². The molecule has 1 aromatic carbocycles. The van der Waals surface area contributed by atoms with Gasteiger partial charge in [0.25, 0.3) is 5.91 Å². The number of carbonyl (C=O) groups is 3. The molecule has 0 radical (unpaired) electrons. The van der Waals surface area contributed by atoms with Crippen LogP contribution in [-0.2, 0) is 9.59 Å². The van der Waals surface area contributed by atoms with E-state index in [4.69, 9.17) is 17.3 Å². The largest absolute Gasteiger partial charge is 0.481 e. The first-order valence-corrected chi connectivity index (χ1v) is 7.98. The summed E-state index contributed by atoms with van der Waals surface area (Å²) < 4.78 is 26.3. The number of benzene rings is 1. The molecule has 0 unspecified atom stereocenters. The number of carbonyl (C=O) groups excluding carboxylic acids is 2. The van der Waals surface area contributed by atoms with Gasteiger partial charge >= 0.3 is 5.97 Å². The van der Waals surface area contributed by atoms with Gasteiger partial charge in [-0.1, -0.05) is 24.0 Å². The molecule has 126 valence electrons. The van der Waals surface area contributed by atoms with Gasteiger partial charge < -0.3 is 5.11 Å². The van der Waals surface area contributed by atoms with E-state index in [1.807, 2.05) is 0 Å². The maximum Gasteiger partial charge on any atom is 0.303 e. The van der Waals surface area contributed by atoms with Crippen LogP contribution in [0, 0.1) is 11.6 Å². The van der Waals surface area contributed by atoms with E-state index >= 15 is 0 Å². The molecule has 1 aliphatic heterocycles. The van der Waals surface area contributed by atoms with Gasteiger partial charge in [-0.05, 0) is 24.6 Å². The monoisotopic (exact) mass is 371 g/mol. The second-order valence-electron chi connectivity index (χ2n) is 4.82. The second-order valence-corrected chi connectivity index (χ2v) is 6.50. The number of hydrogen-bond donors (Lipinski definition) is 1. The second kappa shape index (κ2) is 7.63. The van der Waals surface area contributed by atoms with E-state index < -0.39 is 29.3 Å². The molecule has 2 rings (SSSR count). The van der Waals surface area contributed by atoms with Gasteiger partial charge in [-0.15, -0.1) is 0 Å². The van der Waals surface area contributed by atoms with E-state index in [9.17, 15) is 23.2 Å². The molecule has 0 aromatic heterocycles. The van der Waals surface area contributed by atoms with Crippen molar-refractivity contribution in [1.82, 2.24) is 4.90 Å². The van der Waals surface area contributed by atoms with E-state index in [-0.39, 0.29) is 34.2 Å². The van der Waals surface area contributed by atoms with Crippen LogP contribution >= 0.6 is 24.0 Å². The van der Waals surface area contributed by atoms with E-state index in [1.165, 1.54) is 4.90 Å². The number of rotatable bonds is 6. The first-order valence-electron chi connectivity index (χ1n) is 6.76. The zero-order valence-corrected chi connectivity index (χ0v) is 13.8. The Hall–Kier alpha value is -2.13. The molecule has 1 aliphatic rings. The number of aliphatic carboxylic acids is 1. The maximum absolute atomic E-state index is 13.2. The predicted molar refractivity (Wildman–Crippen MR) is 87.5 cm³/mol. The third-order valence-electron chi connectivity index (χ3n) is 3.11. The van der Waals surface area contributed by atoms with Gasteiger partial charge in [0.1, 0.15) is 4.32 Å². The molecule has 0 spiro atoms. The summed E-state index contributed by atoms with van der Waals surface area (Å²) in [5.41, 5.74) is -0.0926. The molecular formula is C15H11F2NO4S2. The summed E-state index contributed by atoms with van der Waals surface area (Å²) in [6, 6.07) is 2.69. The summed E-state index contributed by atoms with van der Waals surface area (Å²) in [5.74, 6) is -4.37. The van der Waals surface area contributed by atoms with Crippen molar-refractivity contribution in [1.29, 1.82) is 0 Å². The average molecular weight is 371 g/mol. The van der Waals surface area contributed by atoms with Crippen molar-refractivity contribution in [3.05, 3.63) is 46.4 Å². The Morgan fingerprint density at radius 2 is 2.00 bits per heavy atom. The van der Waals surface area contributed by atoms with E-state index in [1.54, 1.807) is 0 Å². The minimum Gasteiger partial charge on any atom is -0.481 e. The average Bonchev–Trinajstić information content (AvgIpc) is 2.77. The summed E-state index contributed by atoms with van der Waals surface area (Å²) in [6.45, 7) is 0.133. The van der Waals surface area contributed by atoms with Crippen LogP contribution in [0.1, 0.15) is 23.2 Å². The lowest BCUT2D eigenvalue weighted by atomic mass is 10.1. The number of carboxylic acid groups (broad SMARTS) is 1. The number of halogens is 2. The van der Waals surface area contributed by atoms with Crippen LogP contribution in [0.4, 0.5) is 8.78 Å². The van der Waals surface area contributed by atoms with Gasteiger partial charge in [0, 0.05) is 24.6 Å². The highest BCUT2D eigenvalue weighted by Crippen LogP contribution is 2.31. The van der Waals surface area contributed by atoms with Crippen molar-refractivity contribution in [2.24, 2.45) is 0 Å². The molecule has 0 atom stereocenters. The molecule has 0 aliphatic carbocycles. The van der Waals surface area contributed by atoms with Gasteiger partial charge in [0.2, 0.25) is 0 Å². The van der Waals surface area contributed by atoms with Crippen LogP contribution in [0.5, 0.6) is 0 Å². The summed E-state index contributed by atoms with van der Waals surface area (Å²) in [7, 11) is 0. The van der Waals surface area contributed by atoms with Crippen LogP contribution in [0.15, 0.2) is 29.2 Å². The Labute approximate surface area is 145 Å². The normalized spacial score (nSPS) is 16.1. The lowest BCUT2D eigenvalue weighted by Gasteiger charge is -2.13. The number of carboxylic acids is 1. The lowest BCUT2D eigenvalue weighted by Crippen LogP contribution is -2.29. The Morgan fingerprint density at radius 1 is 1.29 bits per heavy atom. The first kappa shape index (κ1) is 18.2. The molecule has 1 amide bonds.